The van der Waals surface area contributed by atoms with Crippen molar-refractivity contribution in [1.82, 2.24) is 4.98 Å². The molecule has 2 aromatic rings. The van der Waals surface area contributed by atoms with Crippen LogP contribution in [0.1, 0.15) is 18.1 Å². The minimum Gasteiger partial charge on any atom is -0.370 e. The molecule has 0 aliphatic carbocycles. The maximum atomic E-state index is 5.92. The lowest BCUT2D eigenvalue weighted by molar-refractivity contribution is 0.734. The van der Waals surface area contributed by atoms with E-state index in [1.165, 1.54) is 16.8 Å². The Kier molecular flexibility index (Phi) is 4.53. The molecule has 1 heterocycles. The third kappa shape index (κ3) is 3.80. The van der Waals surface area contributed by atoms with Gasteiger partial charge in [0.2, 0.25) is 0 Å². The van der Waals surface area contributed by atoms with E-state index in [1.807, 2.05) is 31.5 Å². The molecule has 1 atom stereocenters. The number of benzene rings is 1. The Bertz CT molecular complexity index is 508. The number of nitrogens with two attached hydrogens (primary N) is 1. The lowest BCUT2D eigenvalue weighted by Crippen LogP contribution is -2.22. The number of hydrogen-bond acceptors (Lipinski definition) is 3. The van der Waals surface area contributed by atoms with Crippen LogP contribution in [-0.2, 0) is 13.0 Å². The Balaban J connectivity index is 2.16. The number of pyridine rings is 1. The van der Waals surface area contributed by atoms with E-state index in [4.69, 9.17) is 5.73 Å². The minimum atomic E-state index is 0.176. The van der Waals surface area contributed by atoms with Gasteiger partial charge in [-0.25, -0.2) is 0 Å². The van der Waals surface area contributed by atoms with E-state index in [9.17, 15) is 0 Å². The Morgan fingerprint density at radius 3 is 2.53 bits per heavy atom. The van der Waals surface area contributed by atoms with Crippen LogP contribution >= 0.6 is 0 Å². The van der Waals surface area contributed by atoms with Crippen molar-refractivity contribution >= 4 is 5.69 Å². The van der Waals surface area contributed by atoms with Crippen molar-refractivity contribution in [2.24, 2.45) is 5.73 Å². The number of hydrogen-bond donors (Lipinski definition) is 1. The molecule has 0 spiro atoms. The monoisotopic (exact) mass is 255 g/mol. The predicted octanol–water partition coefficient (Wildman–Crippen LogP) is 2.61. The molecule has 1 aromatic carbocycles. The van der Waals surface area contributed by atoms with E-state index in [-0.39, 0.29) is 6.04 Å². The number of para-hydroxylation sites is 1. The van der Waals surface area contributed by atoms with Gasteiger partial charge in [-0.05, 0) is 42.7 Å². The molecule has 1 unspecified atom stereocenters. The number of aromatic nitrogens is 1. The van der Waals surface area contributed by atoms with Gasteiger partial charge in [0.1, 0.15) is 0 Å². The Labute approximate surface area is 115 Å². The van der Waals surface area contributed by atoms with Crippen LogP contribution in [0.2, 0.25) is 0 Å². The third-order valence-electron chi connectivity index (χ3n) is 3.11. The van der Waals surface area contributed by atoms with Crippen molar-refractivity contribution < 1.29 is 0 Å². The first-order chi connectivity index (χ1) is 9.16. The van der Waals surface area contributed by atoms with Gasteiger partial charge >= 0.3 is 0 Å². The maximum absolute atomic E-state index is 5.92. The zero-order valence-electron chi connectivity index (χ0n) is 11.6. The summed E-state index contributed by atoms with van der Waals surface area (Å²) in [6.07, 6.45) is 4.56. The minimum absolute atomic E-state index is 0.176. The van der Waals surface area contributed by atoms with E-state index in [0.29, 0.717) is 0 Å². The Hall–Kier alpha value is -1.87. The zero-order valence-corrected chi connectivity index (χ0v) is 11.6. The van der Waals surface area contributed by atoms with E-state index in [2.05, 4.69) is 41.2 Å². The molecule has 0 saturated carbocycles. The molecule has 3 nitrogen and oxygen atoms in total. The highest BCUT2D eigenvalue weighted by molar-refractivity contribution is 5.53. The molecule has 100 valence electrons. The summed E-state index contributed by atoms with van der Waals surface area (Å²) in [6, 6.07) is 12.7. The normalized spacial score (nSPS) is 12.2. The molecule has 2 N–H and O–H groups in total. The molecule has 0 amide bonds. The van der Waals surface area contributed by atoms with Crippen LogP contribution in [-0.4, -0.2) is 18.1 Å². The topological polar surface area (TPSA) is 42.1 Å². The van der Waals surface area contributed by atoms with E-state index in [0.717, 1.165) is 13.0 Å². The van der Waals surface area contributed by atoms with Gasteiger partial charge in [-0.15, -0.1) is 0 Å². The lowest BCUT2D eigenvalue weighted by Gasteiger charge is -2.23. The van der Waals surface area contributed by atoms with Gasteiger partial charge in [-0.3, -0.25) is 4.98 Å². The molecule has 2 rings (SSSR count). The smallest absolute Gasteiger partial charge is 0.0427 e. The molecule has 0 aliphatic heterocycles. The van der Waals surface area contributed by atoms with Crippen LogP contribution in [0.4, 0.5) is 5.69 Å². The van der Waals surface area contributed by atoms with Gasteiger partial charge < -0.3 is 10.6 Å². The van der Waals surface area contributed by atoms with Crippen molar-refractivity contribution in [1.29, 1.82) is 0 Å². The molecular weight excluding hydrogens is 234 g/mol. The second-order valence-electron chi connectivity index (χ2n) is 5.02. The summed E-state index contributed by atoms with van der Waals surface area (Å²) in [5.41, 5.74) is 9.72. The molecule has 0 aliphatic rings. The molecule has 0 radical (unpaired) electrons. The molecule has 0 fully saturated rings. The quantitative estimate of drug-likeness (QED) is 0.893. The fourth-order valence-electron chi connectivity index (χ4n) is 2.25. The maximum Gasteiger partial charge on any atom is 0.0427 e. The number of nitrogens with zero attached hydrogens (tertiary/aromatic N) is 2. The molecule has 3 heteroatoms. The van der Waals surface area contributed by atoms with E-state index >= 15 is 0 Å². The second kappa shape index (κ2) is 6.34. The summed E-state index contributed by atoms with van der Waals surface area (Å²) in [5.74, 6) is 0. The van der Waals surface area contributed by atoms with Gasteiger partial charge in [-0.2, -0.15) is 0 Å². The second-order valence-corrected chi connectivity index (χ2v) is 5.02. The summed E-state index contributed by atoms with van der Waals surface area (Å²) < 4.78 is 0. The van der Waals surface area contributed by atoms with Gasteiger partial charge in [0, 0.05) is 37.7 Å². The van der Waals surface area contributed by atoms with Crippen molar-refractivity contribution in [3.63, 3.8) is 0 Å². The average Bonchev–Trinajstić information content (AvgIpc) is 2.39. The van der Waals surface area contributed by atoms with E-state index in [1.54, 1.807) is 0 Å². The number of rotatable bonds is 5. The van der Waals surface area contributed by atoms with Crippen molar-refractivity contribution in [2.45, 2.75) is 25.9 Å². The van der Waals surface area contributed by atoms with E-state index < -0.39 is 0 Å². The first kappa shape index (κ1) is 13.6. The van der Waals surface area contributed by atoms with Gasteiger partial charge in [0.05, 0.1) is 0 Å². The highest BCUT2D eigenvalue weighted by Gasteiger charge is 2.08. The lowest BCUT2D eigenvalue weighted by atomic mass is 10.0. The molecule has 19 heavy (non-hydrogen) atoms. The molecule has 0 saturated heterocycles. The van der Waals surface area contributed by atoms with Crippen LogP contribution in [0, 0.1) is 0 Å². The highest BCUT2D eigenvalue weighted by Crippen LogP contribution is 2.22. The summed E-state index contributed by atoms with van der Waals surface area (Å²) >= 11 is 0. The van der Waals surface area contributed by atoms with Crippen LogP contribution in [0.25, 0.3) is 0 Å². The van der Waals surface area contributed by atoms with Crippen LogP contribution < -0.4 is 10.6 Å². The fraction of sp³-hybridized carbons (Fsp3) is 0.312. The van der Waals surface area contributed by atoms with Gasteiger partial charge in [-0.1, -0.05) is 18.2 Å². The Morgan fingerprint density at radius 2 is 1.84 bits per heavy atom. The summed E-state index contributed by atoms with van der Waals surface area (Å²) in [6.45, 7) is 2.91. The summed E-state index contributed by atoms with van der Waals surface area (Å²) in [7, 11) is 2.11. The Morgan fingerprint density at radius 1 is 1.16 bits per heavy atom. The highest BCUT2D eigenvalue weighted by atomic mass is 15.1. The summed E-state index contributed by atoms with van der Waals surface area (Å²) in [4.78, 5) is 6.30. The van der Waals surface area contributed by atoms with Crippen molar-refractivity contribution in [3.05, 3.63) is 59.9 Å². The molecule has 1 aromatic heterocycles. The number of anilines is 1. The molecule has 0 bridgehead atoms. The zero-order chi connectivity index (χ0) is 13.7. The first-order valence-electron chi connectivity index (χ1n) is 6.60. The fourth-order valence-corrected chi connectivity index (χ4v) is 2.25. The largest absolute Gasteiger partial charge is 0.370 e. The van der Waals surface area contributed by atoms with Gasteiger partial charge in [0.15, 0.2) is 0 Å². The third-order valence-corrected chi connectivity index (χ3v) is 3.11. The van der Waals surface area contributed by atoms with Gasteiger partial charge in [0.25, 0.3) is 0 Å². The van der Waals surface area contributed by atoms with Crippen LogP contribution in [0.3, 0.4) is 0 Å². The summed E-state index contributed by atoms with van der Waals surface area (Å²) in [5, 5.41) is 0. The van der Waals surface area contributed by atoms with Crippen molar-refractivity contribution in [3.8, 4) is 0 Å². The SMILES string of the molecule is CC(N)Cc1ccccc1N(C)Cc1ccncc1. The molecular formula is C16H21N3. The average molecular weight is 255 g/mol. The first-order valence-corrected chi connectivity index (χ1v) is 6.60. The standard InChI is InChI=1S/C16H21N3/c1-13(17)11-15-5-3-4-6-16(15)19(2)12-14-7-9-18-10-8-14/h3-10,13H,11-12,17H2,1-2H3. The van der Waals surface area contributed by atoms with Crippen molar-refractivity contribution in [2.75, 3.05) is 11.9 Å². The van der Waals surface area contributed by atoms with Crippen LogP contribution in [0.5, 0.6) is 0 Å². The predicted molar refractivity (Wildman–Crippen MR) is 80.1 cm³/mol. The van der Waals surface area contributed by atoms with Crippen LogP contribution in [0.15, 0.2) is 48.8 Å².